The fraction of sp³-hybridized carbons (Fsp3) is 0. The summed E-state index contributed by atoms with van der Waals surface area (Å²) < 4.78 is 2.43. The summed E-state index contributed by atoms with van der Waals surface area (Å²) in [4.78, 5) is 2.32. The van der Waals surface area contributed by atoms with Gasteiger partial charge in [-0.25, -0.2) is 0 Å². The smallest absolute Gasteiger partial charge is 0.0541 e. The van der Waals surface area contributed by atoms with Crippen LogP contribution >= 0.6 is 0 Å². The zero-order chi connectivity index (χ0) is 49.2. The summed E-state index contributed by atoms with van der Waals surface area (Å²) in [7, 11) is 0. The Labute approximate surface area is 433 Å². The van der Waals surface area contributed by atoms with Gasteiger partial charge >= 0.3 is 0 Å². The Morgan fingerprint density at radius 1 is 0.203 bits per heavy atom. The van der Waals surface area contributed by atoms with Crippen LogP contribution in [0.3, 0.4) is 0 Å². The molecule has 0 aliphatic carbocycles. The highest BCUT2D eigenvalue weighted by molar-refractivity contribution is 6.12. The molecule has 348 valence electrons. The van der Waals surface area contributed by atoms with E-state index in [4.69, 9.17) is 0 Å². The van der Waals surface area contributed by atoms with Crippen LogP contribution in [0.4, 0.5) is 17.1 Å². The molecule has 0 fully saturated rings. The van der Waals surface area contributed by atoms with Crippen molar-refractivity contribution in [3.63, 3.8) is 0 Å². The molecule has 0 radical (unpaired) electrons. The zero-order valence-electron chi connectivity index (χ0n) is 40.8. The average Bonchev–Trinajstić information content (AvgIpc) is 3.84. The van der Waals surface area contributed by atoms with Crippen LogP contribution in [0.25, 0.3) is 105 Å². The van der Waals surface area contributed by atoms with Gasteiger partial charge in [-0.05, 0) is 151 Å². The maximum absolute atomic E-state index is 2.43. The van der Waals surface area contributed by atoms with Gasteiger partial charge in [-0.15, -0.1) is 0 Å². The third kappa shape index (κ3) is 8.45. The van der Waals surface area contributed by atoms with E-state index in [0.717, 1.165) is 22.7 Å². The van der Waals surface area contributed by atoms with Crippen molar-refractivity contribution in [1.29, 1.82) is 0 Å². The van der Waals surface area contributed by atoms with Gasteiger partial charge in [0, 0.05) is 33.5 Å². The number of aromatic nitrogens is 1. The van der Waals surface area contributed by atoms with E-state index in [1.165, 1.54) is 99.7 Å². The third-order valence-electron chi connectivity index (χ3n) is 14.5. The predicted molar refractivity (Wildman–Crippen MR) is 314 cm³/mol. The lowest BCUT2D eigenvalue weighted by Crippen LogP contribution is -2.09. The molecule has 74 heavy (non-hydrogen) atoms. The summed E-state index contributed by atoms with van der Waals surface area (Å²) in [6.45, 7) is 0. The molecular weight excluding hydrogens is 893 g/mol. The summed E-state index contributed by atoms with van der Waals surface area (Å²) >= 11 is 0. The van der Waals surface area contributed by atoms with Crippen LogP contribution in [-0.4, -0.2) is 4.57 Å². The molecular formula is C72H50N2. The van der Waals surface area contributed by atoms with Crippen LogP contribution in [0.1, 0.15) is 0 Å². The van der Waals surface area contributed by atoms with Gasteiger partial charge in [-0.3, -0.25) is 0 Å². The second-order valence-electron chi connectivity index (χ2n) is 18.9. The Bertz CT molecular complexity index is 3910. The molecule has 13 rings (SSSR count). The molecule has 2 heteroatoms. The quantitative estimate of drug-likeness (QED) is 0.125. The molecule has 0 spiro atoms. The van der Waals surface area contributed by atoms with Gasteiger partial charge in [0.05, 0.1) is 11.0 Å². The summed E-state index contributed by atoms with van der Waals surface area (Å²) in [6, 6.07) is 110. The molecule has 0 bridgehead atoms. The van der Waals surface area contributed by atoms with E-state index in [1.54, 1.807) is 0 Å². The van der Waals surface area contributed by atoms with Crippen molar-refractivity contribution < 1.29 is 0 Å². The summed E-state index contributed by atoms with van der Waals surface area (Å²) in [6.07, 6.45) is 0. The molecule has 1 heterocycles. The van der Waals surface area contributed by atoms with Gasteiger partial charge in [0.25, 0.3) is 0 Å². The number of hydrogen-bond donors (Lipinski definition) is 0. The van der Waals surface area contributed by atoms with Crippen LogP contribution < -0.4 is 4.90 Å². The van der Waals surface area contributed by atoms with Gasteiger partial charge in [0.15, 0.2) is 0 Å². The molecule has 12 aromatic carbocycles. The normalized spacial score (nSPS) is 11.2. The first-order valence-electron chi connectivity index (χ1n) is 25.4. The minimum atomic E-state index is 1.11. The van der Waals surface area contributed by atoms with E-state index in [9.17, 15) is 0 Å². The van der Waals surface area contributed by atoms with Crippen LogP contribution in [0.15, 0.2) is 303 Å². The number of anilines is 3. The molecule has 0 aliphatic rings. The zero-order valence-corrected chi connectivity index (χ0v) is 40.8. The van der Waals surface area contributed by atoms with Crippen LogP contribution in [-0.2, 0) is 0 Å². The Hall–Kier alpha value is -9.76. The fourth-order valence-electron chi connectivity index (χ4n) is 10.8. The molecule has 13 aromatic rings. The number of nitrogens with zero attached hydrogens (tertiary/aromatic N) is 2. The second-order valence-corrected chi connectivity index (χ2v) is 18.9. The van der Waals surface area contributed by atoms with Crippen molar-refractivity contribution in [2.45, 2.75) is 0 Å². The van der Waals surface area contributed by atoms with E-state index in [1.807, 2.05) is 0 Å². The number of benzene rings is 12. The van der Waals surface area contributed by atoms with Crippen molar-refractivity contribution in [3.05, 3.63) is 303 Å². The standard InChI is InChI=1S/C72H50N2/c1-5-17-51(18-6-1)54-33-41-62(42-34-54)73(61-23-11-4-12-24-61)63-43-35-55(36-44-63)52-29-31-53(32-30-52)56-37-45-64(46-38-56)74-71-47-39-59(67-27-15-13-25-65(67)57-19-7-2-8-20-57)49-69(71)70-50-60(40-48-72(70)74)68-28-16-14-26-66(68)58-21-9-3-10-22-58/h1-50H. The number of hydrogen-bond acceptors (Lipinski definition) is 1. The first-order valence-corrected chi connectivity index (χ1v) is 25.4. The SMILES string of the molecule is c1ccc(-c2ccc(N(c3ccccc3)c3ccc(-c4ccc(-c5ccc(-n6c7ccc(-c8ccccc8-c8ccccc8)cc7c7cc(-c8ccccc8-c8ccccc8)ccc76)cc5)cc4)cc3)cc2)cc1. The van der Waals surface area contributed by atoms with Crippen molar-refractivity contribution in [2.75, 3.05) is 4.90 Å². The van der Waals surface area contributed by atoms with Crippen LogP contribution in [0, 0.1) is 0 Å². The highest BCUT2D eigenvalue weighted by Gasteiger charge is 2.18. The van der Waals surface area contributed by atoms with Crippen molar-refractivity contribution in [2.24, 2.45) is 0 Å². The number of para-hydroxylation sites is 1. The van der Waals surface area contributed by atoms with Gasteiger partial charge in [-0.1, -0.05) is 231 Å². The minimum Gasteiger partial charge on any atom is -0.311 e. The van der Waals surface area contributed by atoms with Crippen molar-refractivity contribution in [3.8, 4) is 83.6 Å². The molecule has 0 saturated carbocycles. The third-order valence-corrected chi connectivity index (χ3v) is 14.5. The van der Waals surface area contributed by atoms with E-state index < -0.39 is 0 Å². The van der Waals surface area contributed by atoms with E-state index in [0.29, 0.717) is 0 Å². The first-order chi connectivity index (χ1) is 36.7. The topological polar surface area (TPSA) is 8.17 Å². The molecule has 0 unspecified atom stereocenters. The highest BCUT2D eigenvalue weighted by Crippen LogP contribution is 2.42. The summed E-state index contributed by atoms with van der Waals surface area (Å²) in [5.41, 5.74) is 23.6. The van der Waals surface area contributed by atoms with Crippen molar-refractivity contribution in [1.82, 2.24) is 4.57 Å². The lowest BCUT2D eigenvalue weighted by molar-refractivity contribution is 1.18. The predicted octanol–water partition coefficient (Wildman–Crippen LogP) is 19.9. The first kappa shape index (κ1) is 44.2. The molecule has 1 aromatic heterocycles. The van der Waals surface area contributed by atoms with E-state index in [-0.39, 0.29) is 0 Å². The van der Waals surface area contributed by atoms with Gasteiger partial charge < -0.3 is 9.47 Å². The minimum absolute atomic E-state index is 1.11. The number of rotatable bonds is 11. The molecule has 0 saturated heterocycles. The molecule has 0 aliphatic heterocycles. The van der Waals surface area contributed by atoms with E-state index >= 15 is 0 Å². The van der Waals surface area contributed by atoms with E-state index in [2.05, 4.69) is 313 Å². The second kappa shape index (κ2) is 19.4. The fourth-order valence-corrected chi connectivity index (χ4v) is 10.8. The molecule has 2 nitrogen and oxygen atoms in total. The number of fused-ring (bicyclic) bond motifs is 3. The monoisotopic (exact) mass is 942 g/mol. The Kier molecular flexibility index (Phi) is 11.6. The van der Waals surface area contributed by atoms with Crippen LogP contribution in [0.2, 0.25) is 0 Å². The summed E-state index contributed by atoms with van der Waals surface area (Å²) in [5.74, 6) is 0. The Morgan fingerprint density at radius 2 is 0.473 bits per heavy atom. The maximum Gasteiger partial charge on any atom is 0.0541 e. The van der Waals surface area contributed by atoms with Crippen molar-refractivity contribution >= 4 is 38.9 Å². The Morgan fingerprint density at radius 3 is 0.865 bits per heavy atom. The lowest BCUT2D eigenvalue weighted by Gasteiger charge is -2.26. The van der Waals surface area contributed by atoms with Gasteiger partial charge in [0.1, 0.15) is 0 Å². The highest BCUT2D eigenvalue weighted by atomic mass is 15.1. The molecule has 0 atom stereocenters. The lowest BCUT2D eigenvalue weighted by atomic mass is 9.92. The maximum atomic E-state index is 2.43. The molecule has 0 amide bonds. The van der Waals surface area contributed by atoms with Crippen LogP contribution in [0.5, 0.6) is 0 Å². The molecule has 0 N–H and O–H groups in total. The van der Waals surface area contributed by atoms with Gasteiger partial charge in [-0.2, -0.15) is 0 Å². The average molecular weight is 943 g/mol. The summed E-state index contributed by atoms with van der Waals surface area (Å²) in [5, 5.41) is 2.44. The Balaban J connectivity index is 0.826. The largest absolute Gasteiger partial charge is 0.311 e. The van der Waals surface area contributed by atoms with Gasteiger partial charge in [0.2, 0.25) is 0 Å².